The van der Waals surface area contributed by atoms with E-state index in [0.717, 1.165) is 40.8 Å². The van der Waals surface area contributed by atoms with Crippen molar-refractivity contribution >= 4 is 27.6 Å². The molecule has 0 saturated heterocycles. The minimum atomic E-state index is 0.133. The van der Waals surface area contributed by atoms with Crippen LogP contribution in [-0.2, 0) is 11.3 Å². The quantitative estimate of drug-likeness (QED) is 0.477. The van der Waals surface area contributed by atoms with Crippen LogP contribution in [0.3, 0.4) is 0 Å². The number of para-hydroxylation sites is 1. The van der Waals surface area contributed by atoms with Crippen LogP contribution in [0, 0.1) is 0 Å². The fourth-order valence-corrected chi connectivity index (χ4v) is 3.88. The van der Waals surface area contributed by atoms with Crippen LogP contribution in [0.25, 0.3) is 32.9 Å². The lowest BCUT2D eigenvalue weighted by Crippen LogP contribution is -2.37. The van der Waals surface area contributed by atoms with Crippen LogP contribution < -0.4 is 5.32 Å². The van der Waals surface area contributed by atoms with Gasteiger partial charge in [-0.1, -0.05) is 54.6 Å². The average Bonchev–Trinajstić information content (AvgIpc) is 2.79. The Kier molecular flexibility index (Phi) is 6.05. The number of nitrogens with zero attached hydrogens (tertiary/aromatic N) is 2. The maximum atomic E-state index is 12.3. The molecule has 0 spiro atoms. The van der Waals surface area contributed by atoms with Crippen molar-refractivity contribution in [1.82, 2.24) is 15.2 Å². The average molecular weight is 398 g/mol. The van der Waals surface area contributed by atoms with E-state index >= 15 is 0 Å². The van der Waals surface area contributed by atoms with Gasteiger partial charge in [-0.3, -0.25) is 4.79 Å². The Labute approximate surface area is 177 Å². The van der Waals surface area contributed by atoms with Gasteiger partial charge in [0.1, 0.15) is 0 Å². The SMILES string of the molecule is CCN(CC)C(=O)CNCc1cc(-c2ccc3ccccc3c2)nc2ccccc12. The monoisotopic (exact) mass is 397 g/mol. The highest BCUT2D eigenvalue weighted by molar-refractivity contribution is 5.89. The van der Waals surface area contributed by atoms with Crippen LogP contribution >= 0.6 is 0 Å². The predicted octanol–water partition coefficient (Wildman–Crippen LogP) is 5.01. The van der Waals surface area contributed by atoms with Crippen LogP contribution in [0.15, 0.2) is 72.8 Å². The summed E-state index contributed by atoms with van der Waals surface area (Å²) in [7, 11) is 0. The minimum absolute atomic E-state index is 0.133. The van der Waals surface area contributed by atoms with Crippen LogP contribution in [0.5, 0.6) is 0 Å². The van der Waals surface area contributed by atoms with Gasteiger partial charge in [0.05, 0.1) is 17.8 Å². The fraction of sp³-hybridized carbons (Fsp3) is 0.231. The molecule has 0 fully saturated rings. The number of carbonyl (C=O) groups is 1. The maximum Gasteiger partial charge on any atom is 0.236 e. The van der Waals surface area contributed by atoms with Gasteiger partial charge in [-0.05, 0) is 48.4 Å². The number of fused-ring (bicyclic) bond motifs is 2. The largest absolute Gasteiger partial charge is 0.342 e. The Hall–Kier alpha value is -3.24. The van der Waals surface area contributed by atoms with E-state index in [1.807, 2.05) is 36.9 Å². The first-order valence-corrected chi connectivity index (χ1v) is 10.6. The van der Waals surface area contributed by atoms with Gasteiger partial charge in [-0.15, -0.1) is 0 Å². The molecular weight excluding hydrogens is 370 g/mol. The van der Waals surface area contributed by atoms with Crippen molar-refractivity contribution in [1.29, 1.82) is 0 Å². The van der Waals surface area contributed by atoms with E-state index < -0.39 is 0 Å². The molecule has 1 amide bonds. The van der Waals surface area contributed by atoms with Gasteiger partial charge >= 0.3 is 0 Å². The van der Waals surface area contributed by atoms with Crippen LogP contribution in [0.4, 0.5) is 0 Å². The van der Waals surface area contributed by atoms with Crippen molar-refractivity contribution < 1.29 is 4.79 Å². The molecule has 152 valence electrons. The third-order valence-electron chi connectivity index (χ3n) is 5.55. The second-order valence-corrected chi connectivity index (χ2v) is 7.42. The molecule has 1 N–H and O–H groups in total. The number of amides is 1. The van der Waals surface area contributed by atoms with E-state index in [1.54, 1.807) is 0 Å². The van der Waals surface area contributed by atoms with E-state index in [4.69, 9.17) is 4.98 Å². The van der Waals surface area contributed by atoms with Crippen molar-refractivity contribution in [2.75, 3.05) is 19.6 Å². The lowest BCUT2D eigenvalue weighted by atomic mass is 10.0. The molecule has 0 saturated carbocycles. The topological polar surface area (TPSA) is 45.2 Å². The summed E-state index contributed by atoms with van der Waals surface area (Å²) in [6.07, 6.45) is 0. The summed E-state index contributed by atoms with van der Waals surface area (Å²) in [5.41, 5.74) is 4.16. The number of rotatable bonds is 7. The van der Waals surface area contributed by atoms with Crippen molar-refractivity contribution in [3.05, 3.63) is 78.4 Å². The molecule has 0 aliphatic heterocycles. The summed E-state index contributed by atoms with van der Waals surface area (Å²) in [6, 6.07) is 25.1. The highest BCUT2D eigenvalue weighted by Crippen LogP contribution is 2.27. The molecule has 4 nitrogen and oxygen atoms in total. The molecule has 0 aliphatic carbocycles. The number of likely N-dealkylation sites (N-methyl/N-ethyl adjacent to an activating group) is 1. The Bertz CT molecular complexity index is 1180. The summed E-state index contributed by atoms with van der Waals surface area (Å²) in [5.74, 6) is 0.133. The smallest absolute Gasteiger partial charge is 0.236 e. The number of aromatic nitrogens is 1. The normalized spacial score (nSPS) is 11.1. The number of benzene rings is 3. The Morgan fingerprint density at radius 1 is 0.900 bits per heavy atom. The van der Waals surface area contributed by atoms with E-state index in [2.05, 4.69) is 59.9 Å². The molecule has 3 aromatic carbocycles. The molecule has 0 unspecified atom stereocenters. The third-order valence-corrected chi connectivity index (χ3v) is 5.55. The molecule has 0 radical (unpaired) electrons. The first-order valence-electron chi connectivity index (χ1n) is 10.6. The molecule has 0 atom stereocenters. The van der Waals surface area contributed by atoms with Crippen molar-refractivity contribution in [2.24, 2.45) is 0 Å². The summed E-state index contributed by atoms with van der Waals surface area (Å²) in [6.45, 7) is 6.45. The van der Waals surface area contributed by atoms with Gasteiger partial charge in [0.15, 0.2) is 0 Å². The van der Waals surface area contributed by atoms with Gasteiger partial charge in [-0.25, -0.2) is 4.98 Å². The molecule has 4 aromatic rings. The maximum absolute atomic E-state index is 12.3. The van der Waals surface area contributed by atoms with E-state index in [0.29, 0.717) is 13.1 Å². The molecule has 1 aromatic heterocycles. The zero-order valence-corrected chi connectivity index (χ0v) is 17.6. The molecule has 4 rings (SSSR count). The van der Waals surface area contributed by atoms with Gasteiger partial charge in [0.25, 0.3) is 0 Å². The molecule has 1 heterocycles. The number of hydrogen-bond donors (Lipinski definition) is 1. The standard InChI is InChI=1S/C26H27N3O/c1-3-29(4-2)26(30)18-27-17-22-16-25(28-24-12-8-7-11-23(22)24)21-14-13-19-9-5-6-10-20(19)15-21/h5-16,27H,3-4,17-18H2,1-2H3. The summed E-state index contributed by atoms with van der Waals surface area (Å²) in [5, 5.41) is 6.87. The second-order valence-electron chi connectivity index (χ2n) is 7.42. The Morgan fingerprint density at radius 2 is 1.63 bits per heavy atom. The Balaban J connectivity index is 1.64. The van der Waals surface area contributed by atoms with Crippen molar-refractivity contribution in [2.45, 2.75) is 20.4 Å². The first kappa shape index (κ1) is 20.0. The van der Waals surface area contributed by atoms with Crippen molar-refractivity contribution in [3.8, 4) is 11.3 Å². The van der Waals surface area contributed by atoms with Crippen molar-refractivity contribution in [3.63, 3.8) is 0 Å². The molecule has 0 aliphatic rings. The lowest BCUT2D eigenvalue weighted by Gasteiger charge is -2.19. The van der Waals surface area contributed by atoms with Gasteiger partial charge in [-0.2, -0.15) is 0 Å². The van der Waals surface area contributed by atoms with E-state index in [1.165, 1.54) is 10.8 Å². The summed E-state index contributed by atoms with van der Waals surface area (Å²) in [4.78, 5) is 19.1. The zero-order chi connectivity index (χ0) is 20.9. The first-order chi connectivity index (χ1) is 14.7. The number of pyridine rings is 1. The molecule has 4 heteroatoms. The van der Waals surface area contributed by atoms with Crippen LogP contribution in [-0.4, -0.2) is 35.4 Å². The lowest BCUT2D eigenvalue weighted by molar-refractivity contribution is -0.129. The zero-order valence-electron chi connectivity index (χ0n) is 17.6. The number of hydrogen-bond acceptors (Lipinski definition) is 3. The van der Waals surface area contributed by atoms with Gasteiger partial charge in [0, 0.05) is 30.6 Å². The Morgan fingerprint density at radius 3 is 2.43 bits per heavy atom. The molecular formula is C26H27N3O. The highest BCUT2D eigenvalue weighted by atomic mass is 16.2. The number of nitrogens with one attached hydrogen (secondary N) is 1. The number of carbonyl (C=O) groups excluding carboxylic acids is 1. The second kappa shape index (κ2) is 9.06. The predicted molar refractivity (Wildman–Crippen MR) is 124 cm³/mol. The van der Waals surface area contributed by atoms with Gasteiger partial charge < -0.3 is 10.2 Å². The highest BCUT2D eigenvalue weighted by Gasteiger charge is 2.11. The van der Waals surface area contributed by atoms with Gasteiger partial charge in [0.2, 0.25) is 5.91 Å². The fourth-order valence-electron chi connectivity index (χ4n) is 3.88. The van der Waals surface area contributed by atoms with Crippen LogP contribution in [0.1, 0.15) is 19.4 Å². The third kappa shape index (κ3) is 4.19. The van der Waals surface area contributed by atoms with E-state index in [9.17, 15) is 4.79 Å². The minimum Gasteiger partial charge on any atom is -0.342 e. The summed E-state index contributed by atoms with van der Waals surface area (Å²) >= 11 is 0. The van der Waals surface area contributed by atoms with Crippen LogP contribution in [0.2, 0.25) is 0 Å². The molecule has 30 heavy (non-hydrogen) atoms. The molecule has 0 bridgehead atoms. The summed E-state index contributed by atoms with van der Waals surface area (Å²) < 4.78 is 0. The van der Waals surface area contributed by atoms with E-state index in [-0.39, 0.29) is 5.91 Å².